The molecular weight excluding hydrogens is 266 g/mol. The summed E-state index contributed by atoms with van der Waals surface area (Å²) >= 11 is 3.54. The molecule has 4 nitrogen and oxygen atoms in total. The van der Waals surface area contributed by atoms with E-state index in [4.69, 9.17) is 10.5 Å². The van der Waals surface area contributed by atoms with Crippen LogP contribution in [0.1, 0.15) is 16.3 Å². The first kappa shape index (κ1) is 12.2. The van der Waals surface area contributed by atoms with E-state index in [0.717, 1.165) is 35.0 Å². The van der Waals surface area contributed by atoms with Gasteiger partial charge in [0.1, 0.15) is 16.5 Å². The minimum absolute atomic E-state index is 0.595. The van der Waals surface area contributed by atoms with E-state index in [9.17, 15) is 0 Å². The normalized spacial score (nSPS) is 16.1. The molecule has 0 bridgehead atoms. The van der Waals surface area contributed by atoms with E-state index < -0.39 is 0 Å². The summed E-state index contributed by atoms with van der Waals surface area (Å²) in [7, 11) is 0. The molecule has 0 amide bonds. The molecule has 2 N–H and O–H groups in total. The van der Waals surface area contributed by atoms with Gasteiger partial charge in [0.05, 0.1) is 29.6 Å². The molecule has 2 aromatic rings. The van der Waals surface area contributed by atoms with Crippen molar-refractivity contribution in [2.45, 2.75) is 24.9 Å². The molecule has 1 saturated heterocycles. The minimum Gasteiger partial charge on any atom is -0.383 e. The number of ether oxygens (including phenoxy) is 1. The SMILES string of the molecule is Cc1sc2nc(CSC3COC3)nc(N)c2c1C. The van der Waals surface area contributed by atoms with Gasteiger partial charge in [0.25, 0.3) is 0 Å². The Kier molecular flexibility index (Phi) is 3.17. The van der Waals surface area contributed by atoms with E-state index in [0.29, 0.717) is 11.1 Å². The molecule has 96 valence electrons. The van der Waals surface area contributed by atoms with Crippen LogP contribution < -0.4 is 5.73 Å². The Morgan fingerprint density at radius 2 is 2.17 bits per heavy atom. The highest BCUT2D eigenvalue weighted by molar-refractivity contribution is 7.99. The molecule has 0 aromatic carbocycles. The summed E-state index contributed by atoms with van der Waals surface area (Å²) in [5.74, 6) is 2.25. The van der Waals surface area contributed by atoms with Gasteiger partial charge in [-0.25, -0.2) is 9.97 Å². The second-order valence-electron chi connectivity index (χ2n) is 4.46. The molecule has 0 radical (unpaired) electrons. The van der Waals surface area contributed by atoms with Crippen molar-refractivity contribution in [3.63, 3.8) is 0 Å². The lowest BCUT2D eigenvalue weighted by atomic mass is 10.2. The van der Waals surface area contributed by atoms with E-state index in [2.05, 4.69) is 23.8 Å². The van der Waals surface area contributed by atoms with Crippen LogP contribution >= 0.6 is 23.1 Å². The average molecular weight is 281 g/mol. The quantitative estimate of drug-likeness (QED) is 0.936. The second kappa shape index (κ2) is 4.68. The van der Waals surface area contributed by atoms with Crippen LogP contribution in [0.2, 0.25) is 0 Å². The minimum atomic E-state index is 0.595. The number of anilines is 1. The largest absolute Gasteiger partial charge is 0.383 e. The zero-order valence-corrected chi connectivity index (χ0v) is 12.0. The fourth-order valence-electron chi connectivity index (χ4n) is 1.89. The Bertz CT molecular complexity index is 593. The molecule has 1 aliphatic rings. The van der Waals surface area contributed by atoms with Crippen molar-refractivity contribution in [2.75, 3.05) is 18.9 Å². The number of aromatic nitrogens is 2. The maximum Gasteiger partial charge on any atom is 0.142 e. The molecule has 2 aromatic heterocycles. The van der Waals surface area contributed by atoms with Crippen molar-refractivity contribution in [3.05, 3.63) is 16.3 Å². The molecular formula is C12H15N3OS2. The summed E-state index contributed by atoms with van der Waals surface area (Å²) in [6.45, 7) is 5.87. The van der Waals surface area contributed by atoms with Crippen LogP contribution in [0.3, 0.4) is 0 Å². The van der Waals surface area contributed by atoms with Crippen LogP contribution in [0.5, 0.6) is 0 Å². The lowest BCUT2D eigenvalue weighted by Crippen LogP contribution is -2.30. The molecule has 3 heterocycles. The molecule has 18 heavy (non-hydrogen) atoms. The van der Waals surface area contributed by atoms with Gasteiger partial charge in [0.2, 0.25) is 0 Å². The number of nitrogens with zero attached hydrogens (tertiary/aromatic N) is 2. The van der Waals surface area contributed by atoms with E-state index in [1.807, 2.05) is 11.8 Å². The first-order chi connectivity index (χ1) is 8.65. The van der Waals surface area contributed by atoms with Gasteiger partial charge in [-0.15, -0.1) is 23.1 Å². The average Bonchev–Trinajstić information content (AvgIpc) is 2.53. The number of hydrogen-bond donors (Lipinski definition) is 1. The first-order valence-corrected chi connectivity index (χ1v) is 7.73. The number of thiophene rings is 1. The number of fused-ring (bicyclic) bond motifs is 1. The van der Waals surface area contributed by atoms with Gasteiger partial charge in [-0.3, -0.25) is 0 Å². The van der Waals surface area contributed by atoms with E-state index in [1.165, 1.54) is 10.4 Å². The lowest BCUT2D eigenvalue weighted by molar-refractivity contribution is 0.0455. The zero-order valence-electron chi connectivity index (χ0n) is 10.4. The number of nitrogen functional groups attached to an aromatic ring is 1. The monoisotopic (exact) mass is 281 g/mol. The smallest absolute Gasteiger partial charge is 0.142 e. The molecule has 0 unspecified atom stereocenters. The van der Waals surface area contributed by atoms with Crippen LogP contribution in [0.15, 0.2) is 0 Å². The third-order valence-corrected chi connectivity index (χ3v) is 5.43. The van der Waals surface area contributed by atoms with Crippen molar-refractivity contribution in [3.8, 4) is 0 Å². The fraction of sp³-hybridized carbons (Fsp3) is 0.500. The summed E-state index contributed by atoms with van der Waals surface area (Å²) in [5, 5.41) is 1.62. The van der Waals surface area contributed by atoms with Crippen LogP contribution in [0.25, 0.3) is 10.2 Å². The standard InChI is InChI=1S/C12H15N3OS2/c1-6-7(2)18-12-10(6)11(13)14-9(15-12)5-17-8-3-16-4-8/h8H,3-5H2,1-2H3,(H2,13,14,15). The highest BCUT2D eigenvalue weighted by atomic mass is 32.2. The van der Waals surface area contributed by atoms with Gasteiger partial charge in [-0.2, -0.15) is 0 Å². The maximum atomic E-state index is 6.05. The van der Waals surface area contributed by atoms with Crippen molar-refractivity contribution in [1.29, 1.82) is 0 Å². The molecule has 0 spiro atoms. The summed E-state index contributed by atoms with van der Waals surface area (Å²) in [4.78, 5) is 11.3. The Hall–Kier alpha value is -0.850. The molecule has 3 rings (SSSR count). The van der Waals surface area contributed by atoms with Crippen LogP contribution in [0, 0.1) is 13.8 Å². The van der Waals surface area contributed by atoms with E-state index >= 15 is 0 Å². The number of thioether (sulfide) groups is 1. The number of aryl methyl sites for hydroxylation is 2. The highest BCUT2D eigenvalue weighted by Crippen LogP contribution is 2.32. The maximum absolute atomic E-state index is 6.05. The van der Waals surface area contributed by atoms with Gasteiger partial charge in [0.15, 0.2) is 0 Å². The molecule has 1 aliphatic heterocycles. The molecule has 0 saturated carbocycles. The van der Waals surface area contributed by atoms with Crippen molar-refractivity contribution in [2.24, 2.45) is 0 Å². The van der Waals surface area contributed by atoms with Gasteiger partial charge < -0.3 is 10.5 Å². The number of hydrogen-bond acceptors (Lipinski definition) is 6. The third-order valence-electron chi connectivity index (χ3n) is 3.16. The summed E-state index contributed by atoms with van der Waals surface area (Å²) in [5.41, 5.74) is 7.25. The lowest BCUT2D eigenvalue weighted by Gasteiger charge is -2.24. The van der Waals surface area contributed by atoms with Crippen LogP contribution in [-0.2, 0) is 10.5 Å². The molecule has 6 heteroatoms. The second-order valence-corrected chi connectivity index (χ2v) is 6.95. The summed E-state index contributed by atoms with van der Waals surface area (Å²) < 4.78 is 5.15. The topological polar surface area (TPSA) is 61.0 Å². The van der Waals surface area contributed by atoms with Gasteiger partial charge in [0, 0.05) is 4.88 Å². The number of rotatable bonds is 3. The van der Waals surface area contributed by atoms with Gasteiger partial charge >= 0.3 is 0 Å². The van der Waals surface area contributed by atoms with Gasteiger partial charge in [-0.1, -0.05) is 0 Å². The van der Waals surface area contributed by atoms with Crippen LogP contribution in [0.4, 0.5) is 5.82 Å². The fourth-order valence-corrected chi connectivity index (χ4v) is 3.85. The Morgan fingerprint density at radius 1 is 1.39 bits per heavy atom. The van der Waals surface area contributed by atoms with E-state index in [1.54, 1.807) is 11.3 Å². The Balaban J connectivity index is 1.89. The summed E-state index contributed by atoms with van der Waals surface area (Å²) in [6.07, 6.45) is 0. The number of nitrogens with two attached hydrogens (primary N) is 1. The predicted octanol–water partition coefficient (Wildman–Crippen LogP) is 2.52. The highest BCUT2D eigenvalue weighted by Gasteiger charge is 2.20. The zero-order chi connectivity index (χ0) is 12.7. The predicted molar refractivity (Wildman–Crippen MR) is 77.2 cm³/mol. The first-order valence-electron chi connectivity index (χ1n) is 5.86. The Morgan fingerprint density at radius 3 is 2.83 bits per heavy atom. The summed E-state index contributed by atoms with van der Waals surface area (Å²) in [6, 6.07) is 0. The van der Waals surface area contributed by atoms with Crippen LogP contribution in [-0.4, -0.2) is 28.4 Å². The molecule has 1 fully saturated rings. The molecule has 0 atom stereocenters. The van der Waals surface area contributed by atoms with Crippen molar-refractivity contribution >= 4 is 39.1 Å². The van der Waals surface area contributed by atoms with Crippen molar-refractivity contribution in [1.82, 2.24) is 9.97 Å². The van der Waals surface area contributed by atoms with Gasteiger partial charge in [-0.05, 0) is 19.4 Å². The van der Waals surface area contributed by atoms with Crippen molar-refractivity contribution < 1.29 is 4.74 Å². The Labute approximate surface area is 114 Å². The molecule has 0 aliphatic carbocycles. The third kappa shape index (κ3) is 2.08. The van der Waals surface area contributed by atoms with E-state index in [-0.39, 0.29) is 0 Å².